The Kier molecular flexibility index (Phi) is 5.50. The van der Waals surface area contributed by atoms with E-state index in [1.165, 1.54) is 17.9 Å². The minimum atomic E-state index is -4.63. The largest absolute Gasteiger partial charge is 0.436 e. The number of carbonyl (C=O) groups excluding carboxylic acids is 2. The molecule has 2 aromatic rings. The van der Waals surface area contributed by atoms with Crippen molar-refractivity contribution in [1.29, 1.82) is 0 Å². The van der Waals surface area contributed by atoms with Crippen molar-refractivity contribution in [3.05, 3.63) is 27.8 Å². The van der Waals surface area contributed by atoms with E-state index >= 15 is 0 Å². The van der Waals surface area contributed by atoms with Crippen molar-refractivity contribution in [2.75, 3.05) is 12.4 Å². The van der Waals surface area contributed by atoms with Gasteiger partial charge in [-0.25, -0.2) is 0 Å². The standard InChI is InChI=1S/C16H18BrF3N6O2/c1-3-25-6-9(12(23-25)15(28)21-2)22-10(27)7-26-13(8-4-5-8)11(17)14(24-26)16(18,19)20/h6,8H,3-5,7H2,1-2H3,(H,21,28)(H,22,27). The van der Waals surface area contributed by atoms with Gasteiger partial charge in [-0.1, -0.05) is 0 Å². The van der Waals surface area contributed by atoms with Crippen LogP contribution in [0, 0.1) is 0 Å². The summed E-state index contributed by atoms with van der Waals surface area (Å²) in [6.45, 7) is 1.88. The Morgan fingerprint density at radius 3 is 2.54 bits per heavy atom. The molecule has 0 saturated heterocycles. The molecule has 2 heterocycles. The monoisotopic (exact) mass is 462 g/mol. The average molecular weight is 463 g/mol. The lowest BCUT2D eigenvalue weighted by molar-refractivity contribution is -0.142. The fourth-order valence-corrected chi connectivity index (χ4v) is 3.62. The van der Waals surface area contributed by atoms with Gasteiger partial charge < -0.3 is 10.6 Å². The Balaban J connectivity index is 1.85. The summed E-state index contributed by atoms with van der Waals surface area (Å²) in [7, 11) is 1.43. The number of hydrogen-bond acceptors (Lipinski definition) is 4. The van der Waals surface area contributed by atoms with Gasteiger partial charge in [0.05, 0.1) is 15.9 Å². The first-order chi connectivity index (χ1) is 13.2. The molecule has 1 fully saturated rings. The first-order valence-electron chi connectivity index (χ1n) is 8.58. The van der Waals surface area contributed by atoms with Gasteiger partial charge in [0.2, 0.25) is 5.91 Å². The molecule has 1 saturated carbocycles. The number of anilines is 1. The maximum Gasteiger partial charge on any atom is 0.436 e. The highest BCUT2D eigenvalue weighted by molar-refractivity contribution is 9.10. The van der Waals surface area contributed by atoms with Gasteiger partial charge >= 0.3 is 6.18 Å². The Morgan fingerprint density at radius 1 is 1.32 bits per heavy atom. The van der Waals surface area contributed by atoms with Gasteiger partial charge in [-0.3, -0.25) is 19.0 Å². The van der Waals surface area contributed by atoms with Crippen LogP contribution in [-0.2, 0) is 24.1 Å². The van der Waals surface area contributed by atoms with Gasteiger partial charge in [-0.2, -0.15) is 23.4 Å². The van der Waals surface area contributed by atoms with Crippen LogP contribution < -0.4 is 10.6 Å². The number of amides is 2. The van der Waals surface area contributed by atoms with Gasteiger partial charge in [0.1, 0.15) is 6.54 Å². The van der Waals surface area contributed by atoms with E-state index in [0.717, 1.165) is 17.5 Å². The molecule has 0 aliphatic heterocycles. The summed E-state index contributed by atoms with van der Waals surface area (Å²) in [4.78, 5) is 24.4. The lowest BCUT2D eigenvalue weighted by atomic mass is 10.2. The average Bonchev–Trinajstić information content (AvgIpc) is 3.28. The molecule has 3 rings (SSSR count). The molecule has 0 bridgehead atoms. The highest BCUT2D eigenvalue weighted by atomic mass is 79.9. The van der Waals surface area contributed by atoms with Crippen LogP contribution in [0.3, 0.4) is 0 Å². The van der Waals surface area contributed by atoms with Crippen LogP contribution in [-0.4, -0.2) is 38.4 Å². The number of nitrogens with zero attached hydrogens (tertiary/aromatic N) is 4. The van der Waals surface area contributed by atoms with E-state index in [9.17, 15) is 22.8 Å². The van der Waals surface area contributed by atoms with Crippen LogP contribution in [0.25, 0.3) is 0 Å². The third kappa shape index (κ3) is 4.05. The molecule has 0 spiro atoms. The third-order valence-electron chi connectivity index (χ3n) is 4.26. The maximum atomic E-state index is 13.2. The summed E-state index contributed by atoms with van der Waals surface area (Å²) in [5.74, 6) is -1.15. The van der Waals surface area contributed by atoms with E-state index in [1.54, 1.807) is 0 Å². The maximum absolute atomic E-state index is 13.2. The molecule has 0 atom stereocenters. The van der Waals surface area contributed by atoms with Gasteiger partial charge in [0.15, 0.2) is 11.4 Å². The zero-order valence-electron chi connectivity index (χ0n) is 15.1. The predicted octanol–water partition coefficient (Wildman–Crippen LogP) is 2.76. The van der Waals surface area contributed by atoms with Crippen LogP contribution in [0.1, 0.15) is 47.6 Å². The van der Waals surface area contributed by atoms with E-state index in [4.69, 9.17) is 0 Å². The highest BCUT2D eigenvalue weighted by Gasteiger charge is 2.42. The van der Waals surface area contributed by atoms with Crippen molar-refractivity contribution < 1.29 is 22.8 Å². The van der Waals surface area contributed by atoms with Gasteiger partial charge in [0.25, 0.3) is 5.91 Å². The molecule has 2 aromatic heterocycles. The summed E-state index contributed by atoms with van der Waals surface area (Å²) >= 11 is 2.99. The van der Waals surface area contributed by atoms with Crippen LogP contribution in [0.4, 0.5) is 18.9 Å². The minimum Gasteiger partial charge on any atom is -0.354 e. The second kappa shape index (κ2) is 7.57. The van der Waals surface area contributed by atoms with Gasteiger partial charge in [-0.15, -0.1) is 0 Å². The Labute approximate surface area is 166 Å². The third-order valence-corrected chi connectivity index (χ3v) is 5.04. The summed E-state index contributed by atoms with van der Waals surface area (Å²) in [5, 5.41) is 12.6. The molecule has 8 nitrogen and oxygen atoms in total. The van der Waals surface area contributed by atoms with Crippen LogP contribution in [0.15, 0.2) is 10.7 Å². The van der Waals surface area contributed by atoms with Crippen molar-refractivity contribution >= 4 is 33.4 Å². The number of aryl methyl sites for hydroxylation is 1. The van der Waals surface area contributed by atoms with Crippen molar-refractivity contribution in [3.63, 3.8) is 0 Å². The first-order valence-corrected chi connectivity index (χ1v) is 9.37. The molecule has 2 N–H and O–H groups in total. The van der Waals surface area contributed by atoms with Crippen LogP contribution in [0.5, 0.6) is 0 Å². The summed E-state index contributed by atoms with van der Waals surface area (Å²) in [6.07, 6.45) is -1.65. The molecule has 152 valence electrons. The van der Waals surface area contributed by atoms with Crippen molar-refractivity contribution in [2.24, 2.45) is 0 Å². The topological polar surface area (TPSA) is 93.8 Å². The molecule has 28 heavy (non-hydrogen) atoms. The molecule has 0 aromatic carbocycles. The number of nitrogens with one attached hydrogen (secondary N) is 2. The lowest BCUT2D eigenvalue weighted by Gasteiger charge is -2.08. The molecular weight excluding hydrogens is 445 g/mol. The number of aromatic nitrogens is 4. The number of alkyl halides is 3. The van der Waals surface area contributed by atoms with E-state index in [0.29, 0.717) is 12.2 Å². The van der Waals surface area contributed by atoms with Gasteiger partial charge in [0, 0.05) is 25.7 Å². The second-order valence-corrected chi connectivity index (χ2v) is 7.14. The number of halogens is 4. The van der Waals surface area contributed by atoms with E-state index in [2.05, 4.69) is 36.8 Å². The Bertz CT molecular complexity index is 916. The second-order valence-electron chi connectivity index (χ2n) is 6.35. The molecule has 1 aliphatic carbocycles. The quantitative estimate of drug-likeness (QED) is 0.689. The van der Waals surface area contributed by atoms with Crippen molar-refractivity contribution in [2.45, 2.75) is 44.9 Å². The summed E-state index contributed by atoms with van der Waals surface area (Å²) < 4.78 is 41.9. The zero-order chi connectivity index (χ0) is 20.6. The van der Waals surface area contributed by atoms with Crippen molar-refractivity contribution in [3.8, 4) is 0 Å². The molecule has 2 amide bonds. The van der Waals surface area contributed by atoms with Crippen molar-refractivity contribution in [1.82, 2.24) is 24.9 Å². The van der Waals surface area contributed by atoms with Crippen LogP contribution >= 0.6 is 15.9 Å². The predicted molar refractivity (Wildman–Crippen MR) is 96.8 cm³/mol. The number of carbonyl (C=O) groups is 2. The molecular formula is C16H18BrF3N6O2. The summed E-state index contributed by atoms with van der Waals surface area (Å²) in [5.41, 5.74) is -0.482. The highest BCUT2D eigenvalue weighted by Crippen LogP contribution is 2.46. The van der Waals surface area contributed by atoms with Gasteiger partial charge in [-0.05, 0) is 35.7 Å². The number of rotatable bonds is 6. The van der Waals surface area contributed by atoms with Crippen LogP contribution in [0.2, 0.25) is 0 Å². The molecule has 0 unspecified atom stereocenters. The summed E-state index contributed by atoms with van der Waals surface area (Å²) in [6, 6.07) is 0. The smallest absolute Gasteiger partial charge is 0.354 e. The molecule has 12 heteroatoms. The Morgan fingerprint density at radius 2 is 2.00 bits per heavy atom. The normalized spacial score (nSPS) is 14.2. The fourth-order valence-electron chi connectivity index (χ4n) is 2.79. The minimum absolute atomic E-state index is 0.0257. The molecule has 1 aliphatic rings. The van der Waals surface area contributed by atoms with E-state index in [1.807, 2.05) is 6.92 Å². The van der Waals surface area contributed by atoms with E-state index in [-0.39, 0.29) is 21.8 Å². The molecule has 0 radical (unpaired) electrons. The lowest BCUT2D eigenvalue weighted by Crippen LogP contribution is -2.24. The first kappa shape index (κ1) is 20.4. The Hall–Kier alpha value is -2.37. The SMILES string of the molecule is CCn1cc(NC(=O)Cn2nc(C(F)(F)F)c(Br)c2C2CC2)c(C(=O)NC)n1. The number of hydrogen-bond donors (Lipinski definition) is 2. The fraction of sp³-hybridized carbons (Fsp3) is 0.500. The zero-order valence-corrected chi connectivity index (χ0v) is 16.7. The van der Waals surface area contributed by atoms with E-state index < -0.39 is 30.2 Å².